The van der Waals surface area contributed by atoms with Gasteiger partial charge in [-0.05, 0) is 94.0 Å². The van der Waals surface area contributed by atoms with Gasteiger partial charge in [-0.1, -0.05) is 109 Å². The molecule has 3 nitrogen and oxygen atoms in total. The molecule has 0 bridgehead atoms. The summed E-state index contributed by atoms with van der Waals surface area (Å²) in [4.78, 5) is 0. The van der Waals surface area contributed by atoms with E-state index in [1.165, 1.54) is 53.2 Å². The van der Waals surface area contributed by atoms with E-state index in [4.69, 9.17) is 4.42 Å². The van der Waals surface area contributed by atoms with Gasteiger partial charge < -0.3 is 8.98 Å². The first-order valence-electron chi connectivity index (χ1n) is 17.7. The number of aromatic nitrogens is 1. The molecule has 0 aliphatic rings. The first-order chi connectivity index (χ1) is 26.2. The standard InChI is InChI=1S/C49H28N2OS/c50-29-36-24-35(34-20-23-47-41(27-34)37-14-7-8-17-46(37)53-47)28-42-38-15-9-16-45(49(38)52-48(36)42)51-43-21-18-32(30-10-3-1-4-11-30)25-39(43)40-26-33(19-22-44(40)51)31-12-5-2-6-13-31/h1-28H. The number of thiophene rings is 1. The van der Waals surface area contributed by atoms with Gasteiger partial charge in [0, 0.05) is 41.7 Å². The fraction of sp³-hybridized carbons (Fsp3) is 0. The molecular weight excluding hydrogens is 665 g/mol. The van der Waals surface area contributed by atoms with E-state index in [1.54, 1.807) is 0 Å². The quantitative estimate of drug-likeness (QED) is 0.184. The van der Waals surface area contributed by atoms with Crippen LogP contribution < -0.4 is 0 Å². The summed E-state index contributed by atoms with van der Waals surface area (Å²) in [5.41, 5.74) is 11.8. The summed E-state index contributed by atoms with van der Waals surface area (Å²) in [7, 11) is 0. The summed E-state index contributed by atoms with van der Waals surface area (Å²) >= 11 is 1.81. The number of fused-ring (bicyclic) bond motifs is 9. The van der Waals surface area contributed by atoms with Crippen LogP contribution in [0.2, 0.25) is 0 Å². The van der Waals surface area contributed by atoms with Crippen molar-refractivity contribution in [2.75, 3.05) is 0 Å². The first-order valence-corrected chi connectivity index (χ1v) is 18.5. The van der Waals surface area contributed by atoms with E-state index in [0.717, 1.165) is 44.2 Å². The third kappa shape index (κ3) is 4.58. The largest absolute Gasteiger partial charge is 0.452 e. The smallest absolute Gasteiger partial charge is 0.159 e. The van der Waals surface area contributed by atoms with E-state index >= 15 is 0 Å². The average Bonchev–Trinajstić information content (AvgIpc) is 3.90. The molecule has 0 saturated heterocycles. The van der Waals surface area contributed by atoms with Crippen molar-refractivity contribution in [3.8, 4) is 45.1 Å². The fourth-order valence-electron chi connectivity index (χ4n) is 8.12. The van der Waals surface area contributed by atoms with Crippen molar-refractivity contribution in [3.63, 3.8) is 0 Å². The lowest BCUT2D eigenvalue weighted by Gasteiger charge is -2.09. The van der Waals surface area contributed by atoms with Gasteiger partial charge in [0.05, 0.1) is 22.3 Å². The van der Waals surface area contributed by atoms with Crippen molar-refractivity contribution in [2.24, 2.45) is 0 Å². The Morgan fingerprint density at radius 3 is 1.68 bits per heavy atom. The lowest BCUT2D eigenvalue weighted by molar-refractivity contribution is 0.665. The van der Waals surface area contributed by atoms with Crippen molar-refractivity contribution in [1.82, 2.24) is 4.57 Å². The zero-order chi connectivity index (χ0) is 35.0. The van der Waals surface area contributed by atoms with Crippen molar-refractivity contribution >= 4 is 75.3 Å². The van der Waals surface area contributed by atoms with Crippen LogP contribution in [0.1, 0.15) is 5.56 Å². The molecule has 0 saturated carbocycles. The van der Waals surface area contributed by atoms with Gasteiger partial charge in [0.15, 0.2) is 11.2 Å². The Hall–Kier alpha value is -6.93. The third-order valence-corrected chi connectivity index (χ3v) is 11.8. The van der Waals surface area contributed by atoms with E-state index in [1.807, 2.05) is 17.4 Å². The number of hydrogen-bond donors (Lipinski definition) is 0. The minimum absolute atomic E-state index is 0.525. The van der Waals surface area contributed by atoms with Crippen LogP contribution >= 0.6 is 11.3 Å². The predicted molar refractivity (Wildman–Crippen MR) is 222 cm³/mol. The molecule has 11 aromatic rings. The molecule has 246 valence electrons. The van der Waals surface area contributed by atoms with Gasteiger partial charge >= 0.3 is 0 Å². The lowest BCUT2D eigenvalue weighted by Crippen LogP contribution is -1.94. The fourth-order valence-corrected chi connectivity index (χ4v) is 9.21. The highest BCUT2D eigenvalue weighted by molar-refractivity contribution is 7.25. The Labute approximate surface area is 308 Å². The summed E-state index contributed by atoms with van der Waals surface area (Å²) in [6.45, 7) is 0. The zero-order valence-corrected chi connectivity index (χ0v) is 29.2. The van der Waals surface area contributed by atoms with Gasteiger partial charge in [-0.3, -0.25) is 0 Å². The molecule has 0 N–H and O–H groups in total. The minimum atomic E-state index is 0.525. The molecule has 4 heteroatoms. The van der Waals surface area contributed by atoms with Crippen LogP contribution in [0.3, 0.4) is 0 Å². The molecule has 0 radical (unpaired) electrons. The van der Waals surface area contributed by atoms with Gasteiger partial charge in [0.25, 0.3) is 0 Å². The molecule has 53 heavy (non-hydrogen) atoms. The highest BCUT2D eigenvalue weighted by Crippen LogP contribution is 2.43. The van der Waals surface area contributed by atoms with Gasteiger partial charge in [-0.2, -0.15) is 5.26 Å². The first kappa shape index (κ1) is 29.8. The summed E-state index contributed by atoms with van der Waals surface area (Å²) < 4.78 is 11.6. The van der Waals surface area contributed by atoms with Crippen LogP contribution in [-0.4, -0.2) is 4.57 Å². The molecule has 8 aromatic carbocycles. The number of rotatable bonds is 4. The normalized spacial score (nSPS) is 11.8. The van der Waals surface area contributed by atoms with Crippen LogP contribution in [0.5, 0.6) is 0 Å². The van der Waals surface area contributed by atoms with E-state index in [2.05, 4.69) is 174 Å². The SMILES string of the molecule is N#Cc1cc(-c2ccc3sc4ccccc4c3c2)cc2c1oc1c(-n3c4ccc(-c5ccccc5)cc4c4cc(-c5ccccc5)ccc43)cccc12. The molecule has 11 rings (SSSR count). The molecule has 0 spiro atoms. The summed E-state index contributed by atoms with van der Waals surface area (Å²) in [6, 6.07) is 62.7. The predicted octanol–water partition coefficient (Wildman–Crippen LogP) is 13.9. The van der Waals surface area contributed by atoms with Gasteiger partial charge in [-0.25, -0.2) is 0 Å². The van der Waals surface area contributed by atoms with Crippen LogP contribution in [0.4, 0.5) is 0 Å². The number of furan rings is 1. The van der Waals surface area contributed by atoms with Crippen molar-refractivity contribution in [2.45, 2.75) is 0 Å². The number of hydrogen-bond acceptors (Lipinski definition) is 3. The second kappa shape index (κ2) is 11.5. The maximum atomic E-state index is 10.5. The molecule has 3 aromatic heterocycles. The van der Waals surface area contributed by atoms with E-state index in [0.29, 0.717) is 11.1 Å². The minimum Gasteiger partial charge on any atom is -0.452 e. The Kier molecular flexibility index (Phi) is 6.48. The van der Waals surface area contributed by atoms with Crippen molar-refractivity contribution < 1.29 is 4.42 Å². The topological polar surface area (TPSA) is 41.9 Å². The highest BCUT2D eigenvalue weighted by atomic mass is 32.1. The van der Waals surface area contributed by atoms with Crippen LogP contribution in [0, 0.1) is 11.3 Å². The number of benzene rings is 8. The van der Waals surface area contributed by atoms with Crippen molar-refractivity contribution in [3.05, 3.63) is 175 Å². The maximum Gasteiger partial charge on any atom is 0.159 e. The molecule has 0 aliphatic carbocycles. The van der Waals surface area contributed by atoms with Crippen LogP contribution in [-0.2, 0) is 0 Å². The number of para-hydroxylation sites is 1. The van der Waals surface area contributed by atoms with Gasteiger partial charge in [0.2, 0.25) is 0 Å². The Morgan fingerprint density at radius 2 is 0.981 bits per heavy atom. The molecular formula is C49H28N2OS. The summed E-state index contributed by atoms with van der Waals surface area (Å²) in [5.74, 6) is 0. The average molecular weight is 693 g/mol. The molecule has 0 fully saturated rings. The van der Waals surface area contributed by atoms with E-state index in [9.17, 15) is 5.26 Å². The number of nitrogens with zero attached hydrogens (tertiary/aromatic N) is 2. The highest BCUT2D eigenvalue weighted by Gasteiger charge is 2.21. The second-order valence-corrected chi connectivity index (χ2v) is 14.7. The lowest BCUT2D eigenvalue weighted by atomic mass is 9.98. The van der Waals surface area contributed by atoms with E-state index in [-0.39, 0.29) is 0 Å². The monoisotopic (exact) mass is 692 g/mol. The van der Waals surface area contributed by atoms with Crippen molar-refractivity contribution in [1.29, 1.82) is 5.26 Å². The molecule has 0 amide bonds. The second-order valence-electron chi connectivity index (χ2n) is 13.6. The summed E-state index contributed by atoms with van der Waals surface area (Å²) in [5, 5.41) is 17.2. The molecule has 0 aliphatic heterocycles. The zero-order valence-electron chi connectivity index (χ0n) is 28.4. The molecule has 3 heterocycles. The van der Waals surface area contributed by atoms with Crippen LogP contribution in [0.25, 0.3) is 103 Å². The maximum absolute atomic E-state index is 10.5. The van der Waals surface area contributed by atoms with E-state index < -0.39 is 0 Å². The van der Waals surface area contributed by atoms with Crippen LogP contribution in [0.15, 0.2) is 174 Å². The molecule has 0 unspecified atom stereocenters. The molecule has 0 atom stereocenters. The summed E-state index contributed by atoms with van der Waals surface area (Å²) in [6.07, 6.45) is 0. The van der Waals surface area contributed by atoms with Gasteiger partial charge in [0.1, 0.15) is 6.07 Å². The Morgan fingerprint density at radius 1 is 0.415 bits per heavy atom. The Balaban J connectivity index is 1.15. The van der Waals surface area contributed by atoms with Gasteiger partial charge in [-0.15, -0.1) is 11.3 Å². The number of nitriles is 1. The third-order valence-electron chi connectivity index (χ3n) is 10.6. The Bertz CT molecular complexity index is 3190.